The molecule has 9 heteroatoms. The van der Waals surface area contributed by atoms with Crippen LogP contribution >= 0.6 is 0 Å². The molecule has 0 fully saturated rings. The van der Waals surface area contributed by atoms with E-state index in [9.17, 15) is 9.59 Å². The molecule has 0 saturated carbocycles. The molecule has 0 unspecified atom stereocenters. The topological polar surface area (TPSA) is 115 Å². The summed E-state index contributed by atoms with van der Waals surface area (Å²) in [6.45, 7) is 1.77. The first-order chi connectivity index (χ1) is 16.1. The van der Waals surface area contributed by atoms with E-state index in [1.165, 1.54) is 4.68 Å². The molecule has 4 aromatic rings. The highest BCUT2D eigenvalue weighted by atomic mass is 16.5. The molecule has 0 saturated heterocycles. The summed E-state index contributed by atoms with van der Waals surface area (Å²) in [7, 11) is 0. The first-order valence-electron chi connectivity index (χ1n) is 10.8. The predicted molar refractivity (Wildman–Crippen MR) is 122 cm³/mol. The van der Waals surface area contributed by atoms with Gasteiger partial charge < -0.3 is 14.5 Å². The average molecular weight is 445 g/mol. The van der Waals surface area contributed by atoms with Gasteiger partial charge in [0.25, 0.3) is 11.5 Å². The van der Waals surface area contributed by atoms with Crippen molar-refractivity contribution in [1.82, 2.24) is 19.7 Å². The number of carbonyl (C=O) groups is 1. The molecular weight excluding hydrogens is 422 g/mol. The second-order valence-electron chi connectivity index (χ2n) is 7.98. The summed E-state index contributed by atoms with van der Waals surface area (Å²) in [4.78, 5) is 32.8. The molecule has 0 aliphatic heterocycles. The summed E-state index contributed by atoms with van der Waals surface area (Å²) in [6, 6.07) is 12.7. The van der Waals surface area contributed by atoms with Gasteiger partial charge in [-0.1, -0.05) is 12.1 Å². The summed E-state index contributed by atoms with van der Waals surface area (Å²) in [5, 5.41) is 7.34. The van der Waals surface area contributed by atoms with Gasteiger partial charge in [0.2, 0.25) is 5.95 Å². The fourth-order valence-electron chi connectivity index (χ4n) is 3.90. The van der Waals surface area contributed by atoms with E-state index in [-0.39, 0.29) is 24.0 Å². The lowest BCUT2D eigenvalue weighted by molar-refractivity contribution is -0.118. The van der Waals surface area contributed by atoms with Crippen molar-refractivity contribution >= 4 is 11.7 Å². The highest BCUT2D eigenvalue weighted by Gasteiger charge is 2.20. The zero-order valence-electron chi connectivity index (χ0n) is 18.1. The number of aryl methyl sites for hydroxylation is 2. The quantitative estimate of drug-likeness (QED) is 0.470. The van der Waals surface area contributed by atoms with E-state index >= 15 is 0 Å². The molecule has 1 aromatic carbocycles. The molecule has 168 valence electrons. The monoisotopic (exact) mass is 445 g/mol. The first kappa shape index (κ1) is 20.7. The number of fused-ring (bicyclic) bond motifs is 1. The van der Waals surface area contributed by atoms with E-state index < -0.39 is 0 Å². The maximum absolute atomic E-state index is 12.7. The Hall–Kier alpha value is -4.14. The molecule has 0 radical (unpaired) electrons. The third-order valence-corrected chi connectivity index (χ3v) is 5.49. The number of anilines is 1. The van der Waals surface area contributed by atoms with Crippen molar-refractivity contribution in [3.63, 3.8) is 0 Å². The molecule has 1 aliphatic carbocycles. The van der Waals surface area contributed by atoms with E-state index in [0.29, 0.717) is 29.4 Å². The zero-order chi connectivity index (χ0) is 22.8. The number of nitrogens with one attached hydrogen (secondary N) is 2. The first-order valence-corrected chi connectivity index (χ1v) is 10.8. The number of ether oxygens (including phenoxy) is 1. The number of carbonyl (C=O) groups excluding carboxylic acids is 1. The summed E-state index contributed by atoms with van der Waals surface area (Å²) in [5.41, 5.74) is 2.85. The Morgan fingerprint density at radius 3 is 2.91 bits per heavy atom. The van der Waals surface area contributed by atoms with Crippen molar-refractivity contribution in [3.8, 4) is 23.2 Å². The normalized spacial score (nSPS) is 12.9. The minimum Gasteiger partial charge on any atom is -0.484 e. The number of rotatable bonds is 6. The lowest BCUT2D eigenvalue weighted by Crippen LogP contribution is -2.26. The summed E-state index contributed by atoms with van der Waals surface area (Å²) >= 11 is 0. The molecule has 0 bridgehead atoms. The number of aromatic nitrogens is 4. The maximum atomic E-state index is 12.7. The summed E-state index contributed by atoms with van der Waals surface area (Å²) < 4.78 is 12.5. The highest BCUT2D eigenvalue weighted by molar-refractivity contribution is 5.91. The van der Waals surface area contributed by atoms with Crippen LogP contribution in [0.3, 0.4) is 0 Å². The number of aromatic amines is 1. The van der Waals surface area contributed by atoms with Gasteiger partial charge in [-0.05, 0) is 62.4 Å². The van der Waals surface area contributed by atoms with Gasteiger partial charge in [-0.2, -0.15) is 9.78 Å². The third-order valence-electron chi connectivity index (χ3n) is 5.49. The standard InChI is InChI=1S/C24H23N5O4/c1-15-6-4-7-16(12-15)33-14-22(30)26-21-13-19(20-10-5-11-32-20)28-29(21)24-25-18-9-3-2-8-17(18)23(31)27-24/h4-7,10-13H,2-3,8-9,14H2,1H3,(H,26,30)(H,25,27,31). The number of benzene rings is 1. The van der Waals surface area contributed by atoms with Gasteiger partial charge in [-0.15, -0.1) is 0 Å². The number of hydrogen-bond donors (Lipinski definition) is 2. The third kappa shape index (κ3) is 4.43. The average Bonchev–Trinajstić information content (AvgIpc) is 3.48. The minimum absolute atomic E-state index is 0.176. The Morgan fingerprint density at radius 2 is 2.09 bits per heavy atom. The Kier molecular flexibility index (Phi) is 5.52. The largest absolute Gasteiger partial charge is 0.484 e. The molecule has 0 atom stereocenters. The molecule has 2 N–H and O–H groups in total. The molecule has 9 nitrogen and oxygen atoms in total. The van der Waals surface area contributed by atoms with Crippen LogP contribution in [0, 0.1) is 6.92 Å². The van der Waals surface area contributed by atoms with Crippen molar-refractivity contribution in [2.75, 3.05) is 11.9 Å². The molecule has 3 aromatic heterocycles. The van der Waals surface area contributed by atoms with Crippen LogP contribution in [0.2, 0.25) is 0 Å². The van der Waals surface area contributed by atoms with Crippen LogP contribution in [-0.2, 0) is 17.6 Å². The van der Waals surface area contributed by atoms with E-state index in [2.05, 4.69) is 20.4 Å². The van der Waals surface area contributed by atoms with Gasteiger partial charge in [0, 0.05) is 11.6 Å². The number of H-pyrrole nitrogens is 1. The molecule has 1 aliphatic rings. The van der Waals surface area contributed by atoms with Crippen LogP contribution in [0.1, 0.15) is 29.7 Å². The van der Waals surface area contributed by atoms with Crippen molar-refractivity contribution in [3.05, 3.63) is 75.9 Å². The minimum atomic E-state index is -0.371. The number of nitrogens with zero attached hydrogens (tertiary/aromatic N) is 3. The molecule has 1 amide bonds. The Morgan fingerprint density at radius 1 is 1.21 bits per heavy atom. The smallest absolute Gasteiger partial charge is 0.263 e. The van der Waals surface area contributed by atoms with Gasteiger partial charge in [0.05, 0.1) is 12.0 Å². The summed E-state index contributed by atoms with van der Waals surface area (Å²) in [6.07, 6.45) is 4.96. The second kappa shape index (κ2) is 8.78. The van der Waals surface area contributed by atoms with Crippen LogP contribution in [0.15, 0.2) is 57.9 Å². The van der Waals surface area contributed by atoms with Crippen molar-refractivity contribution in [2.24, 2.45) is 0 Å². The Labute approximate surface area is 189 Å². The van der Waals surface area contributed by atoms with Gasteiger partial charge in [-0.25, -0.2) is 4.98 Å². The van der Waals surface area contributed by atoms with Gasteiger partial charge >= 0.3 is 0 Å². The molecular formula is C24H23N5O4. The van der Waals surface area contributed by atoms with Crippen LogP contribution in [0.25, 0.3) is 17.4 Å². The van der Waals surface area contributed by atoms with Crippen LogP contribution < -0.4 is 15.6 Å². The highest BCUT2D eigenvalue weighted by Crippen LogP contribution is 2.25. The number of amides is 1. The fourth-order valence-corrected chi connectivity index (χ4v) is 3.90. The number of hydrogen-bond acceptors (Lipinski definition) is 6. The van der Waals surface area contributed by atoms with Crippen LogP contribution in [-0.4, -0.2) is 32.3 Å². The lowest BCUT2D eigenvalue weighted by atomic mass is 9.97. The van der Waals surface area contributed by atoms with E-state index in [1.54, 1.807) is 30.5 Å². The summed E-state index contributed by atoms with van der Waals surface area (Å²) in [5.74, 6) is 1.35. The zero-order valence-corrected chi connectivity index (χ0v) is 18.1. The van der Waals surface area contributed by atoms with Crippen LogP contribution in [0.5, 0.6) is 5.75 Å². The van der Waals surface area contributed by atoms with Gasteiger partial charge in [0.15, 0.2) is 12.4 Å². The van der Waals surface area contributed by atoms with Crippen molar-refractivity contribution in [2.45, 2.75) is 32.6 Å². The number of furan rings is 1. The maximum Gasteiger partial charge on any atom is 0.263 e. The van der Waals surface area contributed by atoms with Gasteiger partial charge in [0.1, 0.15) is 17.3 Å². The molecule has 5 rings (SSSR count). The van der Waals surface area contributed by atoms with E-state index in [1.807, 2.05) is 25.1 Å². The van der Waals surface area contributed by atoms with Gasteiger partial charge in [-0.3, -0.25) is 14.6 Å². The van der Waals surface area contributed by atoms with Crippen molar-refractivity contribution in [1.29, 1.82) is 0 Å². The fraction of sp³-hybridized carbons (Fsp3) is 0.250. The Balaban J connectivity index is 1.45. The van der Waals surface area contributed by atoms with E-state index in [0.717, 1.165) is 36.1 Å². The lowest BCUT2D eigenvalue weighted by Gasteiger charge is -2.15. The van der Waals surface area contributed by atoms with Crippen LogP contribution in [0.4, 0.5) is 5.82 Å². The second-order valence-corrected chi connectivity index (χ2v) is 7.98. The van der Waals surface area contributed by atoms with Crippen molar-refractivity contribution < 1.29 is 13.9 Å². The predicted octanol–water partition coefficient (Wildman–Crippen LogP) is 3.42. The molecule has 3 heterocycles. The van der Waals surface area contributed by atoms with E-state index in [4.69, 9.17) is 9.15 Å². The Bertz CT molecular complexity index is 1350. The molecule has 0 spiro atoms. The molecule has 33 heavy (non-hydrogen) atoms. The SMILES string of the molecule is Cc1cccc(OCC(=O)Nc2cc(-c3ccco3)nn2-c2nc3c(c(=O)[nH]2)CCCC3)c1.